The minimum atomic E-state index is -3.65. The Labute approximate surface area is 195 Å². The summed E-state index contributed by atoms with van der Waals surface area (Å²) < 4.78 is 42.3. The van der Waals surface area contributed by atoms with E-state index in [2.05, 4.69) is 10.2 Å². The summed E-state index contributed by atoms with van der Waals surface area (Å²) in [6.07, 6.45) is 1.85. The molecule has 0 spiro atoms. The Hall–Kier alpha value is -2.82. The Bertz CT molecular complexity index is 1100. The molecule has 33 heavy (non-hydrogen) atoms. The fourth-order valence-corrected chi connectivity index (χ4v) is 4.92. The predicted octanol–water partition coefficient (Wildman–Crippen LogP) is 2.74. The topological polar surface area (TPSA) is 97.4 Å². The SMILES string of the molecule is COc1ccc(C2CCCN2CC(=O)Nc2cc(S(=O)(=O)N(C)C)ccc2OC)c(OC)c1. The molecule has 10 heteroatoms. The van der Waals surface area contributed by atoms with E-state index in [0.29, 0.717) is 17.2 Å². The molecule has 0 saturated carbocycles. The van der Waals surface area contributed by atoms with Crippen LogP contribution >= 0.6 is 0 Å². The van der Waals surface area contributed by atoms with Gasteiger partial charge in [0.25, 0.3) is 0 Å². The summed E-state index contributed by atoms with van der Waals surface area (Å²) in [5, 5.41) is 2.82. The molecule has 1 aliphatic rings. The van der Waals surface area contributed by atoms with Gasteiger partial charge in [0.1, 0.15) is 17.2 Å². The third-order valence-corrected chi connectivity index (χ3v) is 7.54. The van der Waals surface area contributed by atoms with Crippen LogP contribution in [0.3, 0.4) is 0 Å². The summed E-state index contributed by atoms with van der Waals surface area (Å²) in [6, 6.07) is 10.1. The van der Waals surface area contributed by atoms with Crippen LogP contribution < -0.4 is 19.5 Å². The second kappa shape index (κ2) is 10.4. The van der Waals surface area contributed by atoms with Crippen LogP contribution in [0.15, 0.2) is 41.3 Å². The van der Waals surface area contributed by atoms with Crippen LogP contribution in [0.1, 0.15) is 24.4 Å². The third kappa shape index (κ3) is 5.40. The molecule has 1 fully saturated rings. The maximum atomic E-state index is 12.9. The highest BCUT2D eigenvalue weighted by Gasteiger charge is 2.30. The van der Waals surface area contributed by atoms with Gasteiger partial charge >= 0.3 is 0 Å². The van der Waals surface area contributed by atoms with E-state index in [-0.39, 0.29) is 23.4 Å². The number of hydrogen-bond acceptors (Lipinski definition) is 7. The van der Waals surface area contributed by atoms with Gasteiger partial charge in [-0.3, -0.25) is 9.69 Å². The number of hydrogen-bond donors (Lipinski definition) is 1. The fraction of sp³-hybridized carbons (Fsp3) is 0.435. The Kier molecular flexibility index (Phi) is 7.83. The summed E-state index contributed by atoms with van der Waals surface area (Å²) in [5.41, 5.74) is 1.31. The number of likely N-dealkylation sites (tertiary alicyclic amines) is 1. The number of carbonyl (C=O) groups is 1. The number of nitrogens with zero attached hydrogens (tertiary/aromatic N) is 2. The van der Waals surface area contributed by atoms with Gasteiger partial charge in [-0.15, -0.1) is 0 Å². The van der Waals surface area contributed by atoms with Crippen molar-refractivity contribution in [3.63, 3.8) is 0 Å². The number of rotatable bonds is 9. The fourth-order valence-electron chi connectivity index (χ4n) is 3.99. The highest BCUT2D eigenvalue weighted by atomic mass is 32.2. The van der Waals surface area contributed by atoms with Crippen molar-refractivity contribution in [1.29, 1.82) is 0 Å². The molecule has 1 saturated heterocycles. The van der Waals surface area contributed by atoms with Crippen molar-refractivity contribution in [1.82, 2.24) is 9.21 Å². The molecular formula is C23H31N3O6S. The van der Waals surface area contributed by atoms with Crippen molar-refractivity contribution < 1.29 is 27.4 Å². The van der Waals surface area contributed by atoms with E-state index in [1.165, 1.54) is 39.4 Å². The Balaban J connectivity index is 1.79. The van der Waals surface area contributed by atoms with Crippen LogP contribution in [0.2, 0.25) is 0 Å². The molecular weight excluding hydrogens is 446 g/mol. The molecule has 0 aliphatic carbocycles. The first-order chi connectivity index (χ1) is 15.7. The van der Waals surface area contributed by atoms with Crippen molar-refractivity contribution in [3.8, 4) is 17.2 Å². The molecule has 0 aromatic heterocycles. The van der Waals surface area contributed by atoms with Gasteiger partial charge in [-0.2, -0.15) is 0 Å². The van der Waals surface area contributed by atoms with Crippen LogP contribution in [0, 0.1) is 0 Å². The van der Waals surface area contributed by atoms with Gasteiger partial charge in [-0.05, 0) is 43.7 Å². The number of anilines is 1. The second-order valence-electron chi connectivity index (χ2n) is 7.93. The zero-order chi connectivity index (χ0) is 24.2. The monoisotopic (exact) mass is 477 g/mol. The average molecular weight is 478 g/mol. The first kappa shape index (κ1) is 24.8. The van der Waals surface area contributed by atoms with Crippen molar-refractivity contribution >= 4 is 21.6 Å². The lowest BCUT2D eigenvalue weighted by molar-refractivity contribution is -0.117. The molecule has 1 aliphatic heterocycles. The standard InChI is InChI=1S/C23H31N3O6S/c1-25(2)33(28,29)17-9-11-21(31-4)19(14-17)24-23(27)15-26-12-6-7-20(26)18-10-8-16(30-3)13-22(18)32-5/h8-11,13-14,20H,6-7,12,15H2,1-5H3,(H,24,27). The number of nitrogens with one attached hydrogen (secondary N) is 1. The van der Waals surface area contributed by atoms with E-state index in [1.807, 2.05) is 18.2 Å². The van der Waals surface area contributed by atoms with Crippen LogP contribution in [0.4, 0.5) is 5.69 Å². The van der Waals surface area contributed by atoms with Gasteiger partial charge in [-0.1, -0.05) is 6.07 Å². The van der Waals surface area contributed by atoms with E-state index in [1.54, 1.807) is 14.2 Å². The molecule has 0 radical (unpaired) electrons. The summed E-state index contributed by atoms with van der Waals surface area (Å²) >= 11 is 0. The normalized spacial score (nSPS) is 16.6. The van der Waals surface area contributed by atoms with Gasteiger partial charge < -0.3 is 19.5 Å². The highest BCUT2D eigenvalue weighted by molar-refractivity contribution is 7.89. The van der Waals surface area contributed by atoms with Crippen molar-refractivity contribution in [2.45, 2.75) is 23.8 Å². The molecule has 1 amide bonds. The number of ether oxygens (including phenoxy) is 3. The zero-order valence-corrected chi connectivity index (χ0v) is 20.4. The highest BCUT2D eigenvalue weighted by Crippen LogP contribution is 2.38. The number of carbonyl (C=O) groups excluding carboxylic acids is 1. The molecule has 2 aromatic carbocycles. The van der Waals surface area contributed by atoms with Crippen LogP contribution in [-0.2, 0) is 14.8 Å². The quantitative estimate of drug-likeness (QED) is 0.593. The molecule has 3 rings (SSSR count). The largest absolute Gasteiger partial charge is 0.497 e. The molecule has 1 heterocycles. The number of methoxy groups -OCH3 is 3. The maximum Gasteiger partial charge on any atom is 0.242 e. The van der Waals surface area contributed by atoms with Crippen molar-refractivity contribution in [2.24, 2.45) is 0 Å². The summed E-state index contributed by atoms with van der Waals surface area (Å²) in [6.45, 7) is 0.910. The predicted molar refractivity (Wildman–Crippen MR) is 126 cm³/mol. The van der Waals surface area contributed by atoms with E-state index in [0.717, 1.165) is 35.0 Å². The molecule has 9 nitrogen and oxygen atoms in total. The average Bonchev–Trinajstić information content (AvgIpc) is 3.25. The number of sulfonamides is 1. The van der Waals surface area contributed by atoms with Gasteiger partial charge in [0.05, 0.1) is 38.5 Å². The molecule has 2 aromatic rings. The van der Waals surface area contributed by atoms with E-state index in [9.17, 15) is 13.2 Å². The van der Waals surface area contributed by atoms with E-state index < -0.39 is 10.0 Å². The lowest BCUT2D eigenvalue weighted by atomic mass is 10.0. The van der Waals surface area contributed by atoms with Gasteiger partial charge in [0.2, 0.25) is 15.9 Å². The van der Waals surface area contributed by atoms with Crippen LogP contribution in [-0.4, -0.2) is 72.0 Å². The van der Waals surface area contributed by atoms with Gasteiger partial charge in [0, 0.05) is 31.8 Å². The van der Waals surface area contributed by atoms with E-state index in [4.69, 9.17) is 14.2 Å². The van der Waals surface area contributed by atoms with Crippen molar-refractivity contribution in [3.05, 3.63) is 42.0 Å². The Morgan fingerprint density at radius 2 is 1.79 bits per heavy atom. The molecule has 0 bridgehead atoms. The summed E-state index contributed by atoms with van der Waals surface area (Å²) in [7, 11) is 3.96. The Morgan fingerprint density at radius 1 is 1.06 bits per heavy atom. The van der Waals surface area contributed by atoms with Gasteiger partial charge in [-0.25, -0.2) is 12.7 Å². The zero-order valence-electron chi connectivity index (χ0n) is 19.6. The molecule has 1 N–H and O–H groups in total. The van der Waals surface area contributed by atoms with Crippen molar-refractivity contribution in [2.75, 3.05) is 53.8 Å². The second-order valence-corrected chi connectivity index (χ2v) is 10.1. The van der Waals surface area contributed by atoms with Gasteiger partial charge in [0.15, 0.2) is 0 Å². The van der Waals surface area contributed by atoms with E-state index >= 15 is 0 Å². The smallest absolute Gasteiger partial charge is 0.242 e. The lowest BCUT2D eigenvalue weighted by Gasteiger charge is -2.26. The number of amides is 1. The Morgan fingerprint density at radius 3 is 2.42 bits per heavy atom. The molecule has 1 atom stereocenters. The summed E-state index contributed by atoms with van der Waals surface area (Å²) in [5.74, 6) is 1.55. The van der Waals surface area contributed by atoms with Crippen LogP contribution in [0.5, 0.6) is 17.2 Å². The first-order valence-electron chi connectivity index (χ1n) is 10.6. The van der Waals surface area contributed by atoms with Crippen LogP contribution in [0.25, 0.3) is 0 Å². The summed E-state index contributed by atoms with van der Waals surface area (Å²) in [4.78, 5) is 15.1. The lowest BCUT2D eigenvalue weighted by Crippen LogP contribution is -2.33. The first-order valence-corrected chi connectivity index (χ1v) is 12.0. The minimum Gasteiger partial charge on any atom is -0.497 e. The third-order valence-electron chi connectivity index (χ3n) is 5.73. The minimum absolute atomic E-state index is 0.0268. The number of benzene rings is 2. The maximum absolute atomic E-state index is 12.9. The molecule has 180 valence electrons. The molecule has 1 unspecified atom stereocenters.